The minimum absolute atomic E-state index is 0.470. The monoisotopic (exact) mass is 426 g/mol. The van der Waals surface area contributed by atoms with Gasteiger partial charge in [-0.25, -0.2) is 4.79 Å². The van der Waals surface area contributed by atoms with E-state index in [0.29, 0.717) is 19.0 Å². The quantitative estimate of drug-likeness (QED) is 0.161. The van der Waals surface area contributed by atoms with E-state index in [1.807, 2.05) is 67.6 Å². The molecular weight excluding hydrogens is 400 g/mol. The van der Waals surface area contributed by atoms with E-state index in [1.165, 1.54) is 0 Å². The summed E-state index contributed by atoms with van der Waals surface area (Å²) >= 11 is 0. The first-order valence-electron chi connectivity index (χ1n) is 10.2. The molecule has 0 amide bonds. The molecule has 4 heteroatoms. The van der Waals surface area contributed by atoms with E-state index < -0.39 is 5.97 Å². The lowest BCUT2D eigenvalue weighted by molar-refractivity contribution is -0.128. The van der Waals surface area contributed by atoms with E-state index in [1.54, 1.807) is 12.1 Å². The predicted octanol–water partition coefficient (Wildman–Crippen LogP) is 6.49. The van der Waals surface area contributed by atoms with E-state index in [2.05, 4.69) is 25.3 Å². The lowest BCUT2D eigenvalue weighted by atomic mass is 10.0. The van der Waals surface area contributed by atoms with Crippen LogP contribution in [0.4, 0.5) is 0 Å². The third-order valence-electron chi connectivity index (χ3n) is 4.45. The summed E-state index contributed by atoms with van der Waals surface area (Å²) in [5.74, 6) is 1.60. The summed E-state index contributed by atoms with van der Waals surface area (Å²) in [5, 5.41) is 0. The van der Waals surface area contributed by atoms with Gasteiger partial charge in [0.15, 0.2) is 0 Å². The van der Waals surface area contributed by atoms with Crippen molar-refractivity contribution < 1.29 is 19.0 Å². The number of carbonyl (C=O) groups excluding carboxylic acids is 1. The van der Waals surface area contributed by atoms with Gasteiger partial charge in [-0.2, -0.15) is 0 Å². The summed E-state index contributed by atoms with van der Waals surface area (Å²) in [5.41, 5.74) is 4.18. The van der Waals surface area contributed by atoms with Gasteiger partial charge in [-0.1, -0.05) is 55.6 Å². The van der Waals surface area contributed by atoms with Gasteiger partial charge >= 0.3 is 5.97 Å². The highest BCUT2D eigenvalue weighted by Gasteiger charge is 2.02. The smallest absolute Gasteiger partial charge is 0.335 e. The van der Waals surface area contributed by atoms with Crippen LogP contribution in [-0.2, 0) is 4.79 Å². The van der Waals surface area contributed by atoms with Crippen LogP contribution in [0, 0.1) is 0 Å². The molecule has 0 saturated heterocycles. The van der Waals surface area contributed by atoms with Crippen molar-refractivity contribution in [1.82, 2.24) is 0 Å². The highest BCUT2D eigenvalue weighted by molar-refractivity contribution is 5.83. The van der Waals surface area contributed by atoms with Crippen LogP contribution in [0.15, 0.2) is 104 Å². The van der Waals surface area contributed by atoms with Crippen molar-refractivity contribution in [2.75, 3.05) is 13.2 Å². The standard InChI is InChI=1S/C28H26O4/c1-4-28(29)32-27-13-11-24(12-14-27)23-9-7-22(8-10-23)6-5-19-30-25-15-17-26(18-16-25)31-20-21(2)3/h4-18H,1-2,19-20H2,3H3/b6-5+. The van der Waals surface area contributed by atoms with Crippen molar-refractivity contribution in [1.29, 1.82) is 0 Å². The number of hydrogen-bond acceptors (Lipinski definition) is 4. The van der Waals surface area contributed by atoms with Gasteiger partial charge in [0.25, 0.3) is 0 Å². The van der Waals surface area contributed by atoms with Gasteiger partial charge in [0, 0.05) is 6.08 Å². The van der Waals surface area contributed by atoms with Crippen molar-refractivity contribution in [3.8, 4) is 28.4 Å². The molecule has 0 radical (unpaired) electrons. The Kier molecular flexibility index (Phi) is 8.04. The SMILES string of the molecule is C=CC(=O)Oc1ccc(-c2ccc(/C=C/COc3ccc(OCC(=C)C)cc3)cc2)cc1. The summed E-state index contributed by atoms with van der Waals surface area (Å²) in [4.78, 5) is 11.3. The molecule has 0 aliphatic heterocycles. The molecule has 162 valence electrons. The van der Waals surface area contributed by atoms with Gasteiger partial charge in [-0.15, -0.1) is 0 Å². The fourth-order valence-corrected chi connectivity index (χ4v) is 2.83. The summed E-state index contributed by atoms with van der Waals surface area (Å²) in [6.07, 6.45) is 5.14. The van der Waals surface area contributed by atoms with E-state index in [9.17, 15) is 4.79 Å². The first-order valence-corrected chi connectivity index (χ1v) is 10.2. The van der Waals surface area contributed by atoms with Crippen molar-refractivity contribution >= 4 is 12.0 Å². The van der Waals surface area contributed by atoms with Gasteiger partial charge in [0.2, 0.25) is 0 Å². The van der Waals surface area contributed by atoms with Crippen molar-refractivity contribution in [2.24, 2.45) is 0 Å². The van der Waals surface area contributed by atoms with Crippen LogP contribution in [0.5, 0.6) is 17.2 Å². The molecule has 32 heavy (non-hydrogen) atoms. The summed E-state index contributed by atoms with van der Waals surface area (Å²) in [6.45, 7) is 10.1. The normalized spacial score (nSPS) is 10.5. The maximum absolute atomic E-state index is 11.3. The molecule has 0 fully saturated rings. The Bertz CT molecular complexity index is 1080. The Hall–Kier alpha value is -4.05. The molecule has 0 saturated carbocycles. The maximum atomic E-state index is 11.3. The van der Waals surface area contributed by atoms with Gasteiger partial charge < -0.3 is 14.2 Å². The molecule has 0 bridgehead atoms. The lowest BCUT2D eigenvalue weighted by Gasteiger charge is -2.07. The zero-order valence-electron chi connectivity index (χ0n) is 18.1. The highest BCUT2D eigenvalue weighted by atomic mass is 16.5. The van der Waals surface area contributed by atoms with Crippen LogP contribution >= 0.6 is 0 Å². The molecule has 4 nitrogen and oxygen atoms in total. The summed E-state index contributed by atoms with van der Waals surface area (Å²) < 4.78 is 16.4. The third-order valence-corrected chi connectivity index (χ3v) is 4.45. The Morgan fingerprint density at radius 1 is 0.812 bits per heavy atom. The Morgan fingerprint density at radius 3 is 1.91 bits per heavy atom. The van der Waals surface area contributed by atoms with Crippen LogP contribution in [0.25, 0.3) is 17.2 Å². The lowest BCUT2D eigenvalue weighted by Crippen LogP contribution is -2.02. The molecule has 0 unspecified atom stereocenters. The topological polar surface area (TPSA) is 44.8 Å². The molecule has 0 spiro atoms. The van der Waals surface area contributed by atoms with Gasteiger partial charge in [-0.3, -0.25) is 0 Å². The zero-order chi connectivity index (χ0) is 22.8. The van der Waals surface area contributed by atoms with Crippen molar-refractivity contribution in [3.63, 3.8) is 0 Å². The van der Waals surface area contributed by atoms with E-state index in [0.717, 1.165) is 39.8 Å². The molecule has 0 heterocycles. The molecule has 0 atom stereocenters. The van der Waals surface area contributed by atoms with Crippen LogP contribution in [0.2, 0.25) is 0 Å². The van der Waals surface area contributed by atoms with Crippen LogP contribution in [0.3, 0.4) is 0 Å². The van der Waals surface area contributed by atoms with Gasteiger partial charge in [-0.05, 0) is 71.7 Å². The largest absolute Gasteiger partial charge is 0.490 e. The second-order valence-corrected chi connectivity index (χ2v) is 7.20. The van der Waals surface area contributed by atoms with E-state index in [4.69, 9.17) is 14.2 Å². The first kappa shape index (κ1) is 22.6. The summed E-state index contributed by atoms with van der Waals surface area (Å²) in [6, 6.07) is 23.1. The van der Waals surface area contributed by atoms with Crippen LogP contribution in [-0.4, -0.2) is 19.2 Å². The van der Waals surface area contributed by atoms with E-state index in [-0.39, 0.29) is 0 Å². The fourth-order valence-electron chi connectivity index (χ4n) is 2.83. The maximum Gasteiger partial charge on any atom is 0.335 e. The van der Waals surface area contributed by atoms with Crippen molar-refractivity contribution in [2.45, 2.75) is 6.92 Å². The molecule has 0 aliphatic rings. The average Bonchev–Trinajstić information content (AvgIpc) is 2.82. The minimum atomic E-state index is -0.470. The third kappa shape index (κ3) is 7.03. The van der Waals surface area contributed by atoms with Crippen LogP contribution in [0.1, 0.15) is 12.5 Å². The Labute approximate surface area is 189 Å². The second-order valence-electron chi connectivity index (χ2n) is 7.20. The van der Waals surface area contributed by atoms with Gasteiger partial charge in [0.05, 0.1) is 0 Å². The number of rotatable bonds is 10. The molecule has 3 rings (SSSR count). The van der Waals surface area contributed by atoms with Crippen molar-refractivity contribution in [3.05, 3.63) is 109 Å². The van der Waals surface area contributed by atoms with Crippen LogP contribution < -0.4 is 14.2 Å². The average molecular weight is 427 g/mol. The van der Waals surface area contributed by atoms with Gasteiger partial charge in [0.1, 0.15) is 30.5 Å². The zero-order valence-corrected chi connectivity index (χ0v) is 18.1. The minimum Gasteiger partial charge on any atom is -0.490 e. The first-order chi connectivity index (χ1) is 15.5. The predicted molar refractivity (Wildman–Crippen MR) is 129 cm³/mol. The number of ether oxygens (including phenoxy) is 3. The number of carbonyl (C=O) groups is 1. The van der Waals surface area contributed by atoms with E-state index >= 15 is 0 Å². The molecule has 0 aliphatic carbocycles. The number of esters is 1. The number of benzene rings is 3. The Morgan fingerprint density at radius 2 is 1.34 bits per heavy atom. The Balaban J connectivity index is 1.49. The fraction of sp³-hybridized carbons (Fsp3) is 0.107. The molecule has 0 N–H and O–H groups in total. The molecule has 3 aromatic carbocycles. The number of hydrogen-bond donors (Lipinski definition) is 0. The second kappa shape index (κ2) is 11.4. The molecular formula is C28H26O4. The summed E-state index contributed by atoms with van der Waals surface area (Å²) in [7, 11) is 0. The molecule has 3 aromatic rings. The highest BCUT2D eigenvalue weighted by Crippen LogP contribution is 2.23. The molecule has 0 aromatic heterocycles.